The zero-order valence-corrected chi connectivity index (χ0v) is 13.6. The second-order valence-electron chi connectivity index (χ2n) is 5.57. The molecule has 110 valence electrons. The molecule has 3 rings (SSSR count). The van der Waals surface area contributed by atoms with Crippen LogP contribution in [0.2, 0.25) is 0 Å². The molecule has 1 aliphatic rings. The zero-order chi connectivity index (χ0) is 14.7. The highest BCUT2D eigenvalue weighted by molar-refractivity contribution is 9.10. The van der Waals surface area contributed by atoms with Gasteiger partial charge in [-0.1, -0.05) is 30.3 Å². The van der Waals surface area contributed by atoms with Crippen molar-refractivity contribution >= 4 is 15.9 Å². The molecule has 21 heavy (non-hydrogen) atoms. The number of benzene rings is 2. The SMILES string of the molecule is NCc1ccc(OCC2CCCc3ccccc32)c(Br)c1. The maximum Gasteiger partial charge on any atom is 0.133 e. The lowest BCUT2D eigenvalue weighted by atomic mass is 9.83. The average Bonchev–Trinajstić information content (AvgIpc) is 2.53. The van der Waals surface area contributed by atoms with Crippen LogP contribution in [0.5, 0.6) is 5.75 Å². The van der Waals surface area contributed by atoms with Crippen molar-refractivity contribution in [3.63, 3.8) is 0 Å². The van der Waals surface area contributed by atoms with Gasteiger partial charge in [0.15, 0.2) is 0 Å². The number of hydrogen-bond acceptors (Lipinski definition) is 2. The van der Waals surface area contributed by atoms with Crippen LogP contribution in [0.1, 0.15) is 35.4 Å². The largest absolute Gasteiger partial charge is 0.492 e. The molecular weight excluding hydrogens is 326 g/mol. The molecule has 0 saturated carbocycles. The van der Waals surface area contributed by atoms with Gasteiger partial charge >= 0.3 is 0 Å². The Morgan fingerprint density at radius 2 is 2.05 bits per heavy atom. The maximum atomic E-state index is 6.04. The first-order valence-corrected chi connectivity index (χ1v) is 8.26. The van der Waals surface area contributed by atoms with Crippen LogP contribution in [0.15, 0.2) is 46.9 Å². The lowest BCUT2D eigenvalue weighted by Crippen LogP contribution is -2.16. The molecule has 0 radical (unpaired) electrons. The first-order valence-electron chi connectivity index (χ1n) is 7.47. The Morgan fingerprint density at radius 3 is 2.86 bits per heavy atom. The van der Waals surface area contributed by atoms with Crippen LogP contribution in [-0.2, 0) is 13.0 Å². The molecule has 3 heteroatoms. The molecule has 0 aromatic heterocycles. The van der Waals surface area contributed by atoms with E-state index in [1.165, 1.54) is 30.4 Å². The van der Waals surface area contributed by atoms with Crippen LogP contribution in [0.3, 0.4) is 0 Å². The molecule has 2 N–H and O–H groups in total. The highest BCUT2D eigenvalue weighted by atomic mass is 79.9. The third-order valence-electron chi connectivity index (χ3n) is 4.17. The van der Waals surface area contributed by atoms with E-state index in [-0.39, 0.29) is 0 Å². The number of hydrogen-bond donors (Lipinski definition) is 1. The second kappa shape index (κ2) is 6.63. The van der Waals surface area contributed by atoms with Crippen molar-refractivity contribution in [2.75, 3.05) is 6.61 Å². The summed E-state index contributed by atoms with van der Waals surface area (Å²) in [7, 11) is 0. The predicted octanol–water partition coefficient (Wildman–Crippen LogP) is 4.41. The third kappa shape index (κ3) is 3.30. The van der Waals surface area contributed by atoms with E-state index in [4.69, 9.17) is 10.5 Å². The Hall–Kier alpha value is -1.32. The Morgan fingerprint density at radius 1 is 1.19 bits per heavy atom. The van der Waals surface area contributed by atoms with Crippen molar-refractivity contribution in [2.24, 2.45) is 5.73 Å². The van der Waals surface area contributed by atoms with E-state index in [2.05, 4.69) is 40.2 Å². The quantitative estimate of drug-likeness (QED) is 0.890. The highest BCUT2D eigenvalue weighted by Crippen LogP contribution is 2.33. The summed E-state index contributed by atoms with van der Waals surface area (Å²) < 4.78 is 7.03. The number of rotatable bonds is 4. The minimum Gasteiger partial charge on any atom is -0.492 e. The summed E-state index contributed by atoms with van der Waals surface area (Å²) in [5.74, 6) is 1.39. The van der Waals surface area contributed by atoms with E-state index in [0.29, 0.717) is 12.5 Å². The fourth-order valence-electron chi connectivity index (χ4n) is 3.01. The fraction of sp³-hybridized carbons (Fsp3) is 0.333. The van der Waals surface area contributed by atoms with Gasteiger partial charge in [0.05, 0.1) is 11.1 Å². The zero-order valence-electron chi connectivity index (χ0n) is 12.0. The van der Waals surface area contributed by atoms with Crippen LogP contribution in [0.25, 0.3) is 0 Å². The number of nitrogens with two attached hydrogens (primary N) is 1. The van der Waals surface area contributed by atoms with Gasteiger partial charge in [-0.15, -0.1) is 0 Å². The molecule has 0 bridgehead atoms. The molecule has 0 fully saturated rings. The van der Waals surface area contributed by atoms with Gasteiger partial charge < -0.3 is 10.5 Å². The summed E-state index contributed by atoms with van der Waals surface area (Å²) in [5.41, 5.74) is 9.70. The Bertz CT molecular complexity index is 626. The van der Waals surface area contributed by atoms with Crippen molar-refractivity contribution in [3.8, 4) is 5.75 Å². The van der Waals surface area contributed by atoms with Gasteiger partial charge in [0.2, 0.25) is 0 Å². The molecule has 0 heterocycles. The second-order valence-corrected chi connectivity index (χ2v) is 6.42. The van der Waals surface area contributed by atoms with Crippen molar-refractivity contribution in [1.82, 2.24) is 0 Å². The number of fused-ring (bicyclic) bond motifs is 1. The summed E-state index contributed by atoms with van der Waals surface area (Å²) in [6.07, 6.45) is 3.65. The molecule has 2 aromatic carbocycles. The van der Waals surface area contributed by atoms with E-state index < -0.39 is 0 Å². The van der Waals surface area contributed by atoms with E-state index in [9.17, 15) is 0 Å². The molecule has 0 saturated heterocycles. The molecule has 1 aliphatic carbocycles. The normalized spacial score (nSPS) is 17.3. The summed E-state index contributed by atoms with van der Waals surface area (Å²) in [4.78, 5) is 0. The molecule has 2 aromatic rings. The topological polar surface area (TPSA) is 35.2 Å². The molecule has 1 unspecified atom stereocenters. The van der Waals surface area contributed by atoms with Gasteiger partial charge in [-0.2, -0.15) is 0 Å². The van der Waals surface area contributed by atoms with Gasteiger partial charge in [-0.3, -0.25) is 0 Å². The van der Waals surface area contributed by atoms with Crippen molar-refractivity contribution < 1.29 is 4.74 Å². The number of aryl methyl sites for hydroxylation is 1. The molecule has 0 spiro atoms. The lowest BCUT2D eigenvalue weighted by Gasteiger charge is -2.25. The average molecular weight is 346 g/mol. The van der Waals surface area contributed by atoms with Gasteiger partial charge in [0.1, 0.15) is 5.75 Å². The van der Waals surface area contributed by atoms with Crippen molar-refractivity contribution in [3.05, 3.63) is 63.6 Å². The Labute approximate surface area is 134 Å². The van der Waals surface area contributed by atoms with Crippen molar-refractivity contribution in [2.45, 2.75) is 31.7 Å². The summed E-state index contributed by atoms with van der Waals surface area (Å²) >= 11 is 3.56. The highest BCUT2D eigenvalue weighted by Gasteiger charge is 2.20. The first kappa shape index (κ1) is 14.6. The van der Waals surface area contributed by atoms with Crippen LogP contribution >= 0.6 is 15.9 Å². The Balaban J connectivity index is 1.71. The standard InChI is InChI=1S/C18H20BrNO/c19-17-10-13(11-20)8-9-18(17)21-12-15-6-3-5-14-4-1-2-7-16(14)15/h1-2,4,7-10,15H,3,5-6,11-12,20H2. The summed E-state index contributed by atoms with van der Waals surface area (Å²) in [6, 6.07) is 14.8. The monoisotopic (exact) mass is 345 g/mol. The van der Waals surface area contributed by atoms with Crippen molar-refractivity contribution in [1.29, 1.82) is 0 Å². The minimum absolute atomic E-state index is 0.496. The minimum atomic E-state index is 0.496. The van der Waals surface area contributed by atoms with Gasteiger partial charge in [0.25, 0.3) is 0 Å². The predicted molar refractivity (Wildman–Crippen MR) is 89.6 cm³/mol. The van der Waals surface area contributed by atoms with Crippen LogP contribution < -0.4 is 10.5 Å². The van der Waals surface area contributed by atoms with E-state index in [1.54, 1.807) is 0 Å². The van der Waals surface area contributed by atoms with Crippen LogP contribution in [0.4, 0.5) is 0 Å². The molecular formula is C18H20BrNO. The third-order valence-corrected chi connectivity index (χ3v) is 4.79. The van der Waals surface area contributed by atoms with E-state index >= 15 is 0 Å². The maximum absolute atomic E-state index is 6.04. The molecule has 2 nitrogen and oxygen atoms in total. The summed E-state index contributed by atoms with van der Waals surface area (Å²) in [6.45, 7) is 1.28. The van der Waals surface area contributed by atoms with Crippen LogP contribution in [-0.4, -0.2) is 6.61 Å². The van der Waals surface area contributed by atoms with Gasteiger partial charge in [-0.25, -0.2) is 0 Å². The van der Waals surface area contributed by atoms with E-state index in [0.717, 1.165) is 22.4 Å². The number of ether oxygens (including phenoxy) is 1. The lowest BCUT2D eigenvalue weighted by molar-refractivity contribution is 0.273. The van der Waals surface area contributed by atoms with Crippen LogP contribution in [0, 0.1) is 0 Å². The molecule has 1 atom stereocenters. The van der Waals surface area contributed by atoms with Gasteiger partial charge in [-0.05, 0) is 64.0 Å². The number of halogens is 1. The smallest absolute Gasteiger partial charge is 0.133 e. The van der Waals surface area contributed by atoms with Gasteiger partial charge in [0, 0.05) is 12.5 Å². The first-order chi connectivity index (χ1) is 10.3. The molecule has 0 amide bonds. The Kier molecular flexibility index (Phi) is 4.61. The summed E-state index contributed by atoms with van der Waals surface area (Å²) in [5, 5.41) is 0. The van der Waals surface area contributed by atoms with E-state index in [1.807, 2.05) is 18.2 Å². The molecule has 0 aliphatic heterocycles. The fourth-order valence-corrected chi connectivity index (χ4v) is 3.55.